The van der Waals surface area contributed by atoms with Crippen LogP contribution in [0.1, 0.15) is 50.4 Å². The zero-order valence-corrected chi connectivity index (χ0v) is 19.0. The van der Waals surface area contributed by atoms with Gasteiger partial charge in [0.15, 0.2) is 11.5 Å². The van der Waals surface area contributed by atoms with Crippen LogP contribution in [-0.2, 0) is 28.6 Å². The molecule has 5 nitrogen and oxygen atoms in total. The molecule has 2 aliphatic rings. The Morgan fingerprint density at radius 3 is 2.45 bits per heavy atom. The Morgan fingerprint density at radius 1 is 1.06 bits per heavy atom. The lowest BCUT2D eigenvalue weighted by Gasteiger charge is -2.21. The van der Waals surface area contributed by atoms with E-state index < -0.39 is 11.7 Å². The van der Waals surface area contributed by atoms with Gasteiger partial charge < -0.3 is 19.1 Å². The van der Waals surface area contributed by atoms with Crippen LogP contribution in [0.25, 0.3) is 10.9 Å². The highest BCUT2D eigenvalue weighted by atomic mass is 19.3. The van der Waals surface area contributed by atoms with Gasteiger partial charge >= 0.3 is 6.29 Å². The van der Waals surface area contributed by atoms with Crippen LogP contribution in [0.2, 0.25) is 0 Å². The number of carbonyl (C=O) groups is 1. The van der Waals surface area contributed by atoms with Gasteiger partial charge in [0.25, 0.3) is 0 Å². The second kappa shape index (κ2) is 7.29. The van der Waals surface area contributed by atoms with Crippen molar-refractivity contribution in [1.29, 1.82) is 0 Å². The van der Waals surface area contributed by atoms with Gasteiger partial charge in [0.05, 0.1) is 12.0 Å². The minimum absolute atomic E-state index is 0.0144. The van der Waals surface area contributed by atoms with Gasteiger partial charge in [-0.2, -0.15) is 0 Å². The highest BCUT2D eigenvalue weighted by molar-refractivity contribution is 5.95. The highest BCUT2D eigenvalue weighted by Gasteiger charge is 2.52. The van der Waals surface area contributed by atoms with Crippen LogP contribution in [-0.4, -0.2) is 28.4 Å². The lowest BCUT2D eigenvalue weighted by Crippen LogP contribution is -2.26. The summed E-state index contributed by atoms with van der Waals surface area (Å²) in [6.07, 6.45) is -2.04. The van der Waals surface area contributed by atoms with Crippen molar-refractivity contribution < 1.29 is 28.2 Å². The Labute approximate surface area is 190 Å². The van der Waals surface area contributed by atoms with Gasteiger partial charge in [-0.15, -0.1) is 8.78 Å². The number of halogens is 2. The zero-order chi connectivity index (χ0) is 23.6. The van der Waals surface area contributed by atoms with Crippen molar-refractivity contribution in [2.24, 2.45) is 0 Å². The first-order valence-electron chi connectivity index (χ1n) is 11.2. The van der Waals surface area contributed by atoms with Crippen molar-refractivity contribution in [3.05, 3.63) is 59.3 Å². The minimum atomic E-state index is -3.67. The van der Waals surface area contributed by atoms with Crippen molar-refractivity contribution in [3.63, 3.8) is 0 Å². The Hall–Kier alpha value is -2.93. The number of ether oxygens (including phenoxy) is 2. The van der Waals surface area contributed by atoms with E-state index in [4.69, 9.17) is 0 Å². The van der Waals surface area contributed by atoms with E-state index in [1.165, 1.54) is 12.1 Å². The van der Waals surface area contributed by atoms with Crippen molar-refractivity contribution >= 4 is 16.7 Å². The van der Waals surface area contributed by atoms with Gasteiger partial charge in [0, 0.05) is 35.0 Å². The molecule has 0 saturated heterocycles. The number of benzene rings is 2. The Morgan fingerprint density at radius 2 is 1.79 bits per heavy atom. The highest BCUT2D eigenvalue weighted by Crippen LogP contribution is 2.52. The quantitative estimate of drug-likeness (QED) is 0.562. The number of fused-ring (bicyclic) bond motifs is 2. The SMILES string of the molecule is CC(C)(C)c1cc2cc(CC(=O)C3(c4ccc5c(c4)OC(F)(F)O5)CC3)ccc2n1CCO. The number of hydrogen-bond acceptors (Lipinski definition) is 4. The van der Waals surface area contributed by atoms with Gasteiger partial charge in [-0.3, -0.25) is 4.79 Å². The number of aromatic nitrogens is 1. The molecule has 0 atom stereocenters. The number of alkyl halides is 2. The minimum Gasteiger partial charge on any atom is -0.395 e. The molecule has 0 spiro atoms. The maximum Gasteiger partial charge on any atom is 0.586 e. The number of carbonyl (C=O) groups excluding carboxylic acids is 1. The van der Waals surface area contributed by atoms with E-state index in [0.717, 1.165) is 22.2 Å². The third-order valence-corrected chi connectivity index (χ3v) is 6.66. The normalized spacial score (nSPS) is 18.0. The molecule has 3 aromatic rings. The van der Waals surface area contributed by atoms with E-state index >= 15 is 0 Å². The van der Waals surface area contributed by atoms with Gasteiger partial charge in [0.1, 0.15) is 5.78 Å². The molecular weight excluding hydrogens is 428 g/mol. The number of Topliss-reactive ketones (excluding diaryl/α,β-unsaturated/α-hetero) is 1. The van der Waals surface area contributed by atoms with E-state index in [1.807, 2.05) is 18.2 Å². The first-order valence-corrected chi connectivity index (χ1v) is 11.2. The summed E-state index contributed by atoms with van der Waals surface area (Å²) >= 11 is 0. The van der Waals surface area contributed by atoms with E-state index in [9.17, 15) is 18.7 Å². The molecule has 1 aromatic heterocycles. The molecule has 1 saturated carbocycles. The number of aliphatic hydroxyl groups excluding tert-OH is 1. The van der Waals surface area contributed by atoms with Crippen LogP contribution in [0, 0.1) is 0 Å². The summed E-state index contributed by atoms with van der Waals surface area (Å²) in [7, 11) is 0. The van der Waals surface area contributed by atoms with Crippen molar-refractivity contribution in [1.82, 2.24) is 4.57 Å². The van der Waals surface area contributed by atoms with Gasteiger partial charge in [-0.25, -0.2) is 0 Å². The second-order valence-electron chi connectivity index (χ2n) is 10.1. The molecule has 1 aliphatic carbocycles. The summed E-state index contributed by atoms with van der Waals surface area (Å²) in [6, 6.07) is 12.8. The van der Waals surface area contributed by atoms with Crippen LogP contribution in [0.4, 0.5) is 8.78 Å². The molecule has 0 unspecified atom stereocenters. The number of hydrogen-bond donors (Lipinski definition) is 1. The average Bonchev–Trinajstić information content (AvgIpc) is 3.37. The lowest BCUT2D eigenvalue weighted by molar-refractivity contribution is -0.286. The molecule has 5 rings (SSSR count). The predicted octanol–water partition coefficient (Wildman–Crippen LogP) is 5.10. The summed E-state index contributed by atoms with van der Waals surface area (Å²) in [5.74, 6) is 0.0238. The van der Waals surface area contributed by atoms with Gasteiger partial charge in [-0.1, -0.05) is 32.9 Å². The molecule has 1 aliphatic heterocycles. The summed E-state index contributed by atoms with van der Waals surface area (Å²) in [5.41, 5.74) is 3.02. The number of rotatable bonds is 6. The zero-order valence-electron chi connectivity index (χ0n) is 19.0. The Kier molecular flexibility index (Phi) is 4.83. The third kappa shape index (κ3) is 3.78. The molecule has 0 bridgehead atoms. The van der Waals surface area contributed by atoms with Gasteiger partial charge in [0.2, 0.25) is 0 Å². The van der Waals surface area contributed by atoms with Crippen molar-refractivity contribution in [3.8, 4) is 11.5 Å². The molecular formula is C26H27F2NO4. The fourth-order valence-corrected chi connectivity index (χ4v) is 4.85. The van der Waals surface area contributed by atoms with Crippen LogP contribution in [0.5, 0.6) is 11.5 Å². The monoisotopic (exact) mass is 455 g/mol. The maximum absolute atomic E-state index is 13.4. The van der Waals surface area contributed by atoms with Crippen LogP contribution in [0.15, 0.2) is 42.5 Å². The molecule has 174 valence electrons. The molecule has 0 amide bonds. The summed E-state index contributed by atoms with van der Waals surface area (Å²) in [6.45, 7) is 6.98. The maximum atomic E-state index is 13.4. The molecule has 2 heterocycles. The van der Waals surface area contributed by atoms with E-state index in [1.54, 1.807) is 6.07 Å². The summed E-state index contributed by atoms with van der Waals surface area (Å²) in [4.78, 5) is 13.3. The molecule has 33 heavy (non-hydrogen) atoms. The molecule has 0 radical (unpaired) electrons. The summed E-state index contributed by atoms with van der Waals surface area (Å²) < 4.78 is 37.9. The lowest BCUT2D eigenvalue weighted by atomic mass is 9.87. The van der Waals surface area contributed by atoms with E-state index in [2.05, 4.69) is 40.9 Å². The fourth-order valence-electron chi connectivity index (χ4n) is 4.85. The fraction of sp³-hybridized carbons (Fsp3) is 0.423. The Balaban J connectivity index is 1.42. The first-order chi connectivity index (χ1) is 15.5. The number of ketones is 1. The van der Waals surface area contributed by atoms with Gasteiger partial charge in [-0.05, 0) is 54.3 Å². The van der Waals surface area contributed by atoms with Crippen LogP contribution >= 0.6 is 0 Å². The molecule has 1 fully saturated rings. The molecule has 7 heteroatoms. The van der Waals surface area contributed by atoms with Crippen molar-refractivity contribution in [2.75, 3.05) is 6.61 Å². The predicted molar refractivity (Wildman–Crippen MR) is 120 cm³/mol. The van der Waals surface area contributed by atoms with Crippen LogP contribution in [0.3, 0.4) is 0 Å². The number of aliphatic hydroxyl groups is 1. The first kappa shape index (κ1) is 21.9. The number of nitrogens with zero attached hydrogens (tertiary/aromatic N) is 1. The van der Waals surface area contributed by atoms with E-state index in [0.29, 0.717) is 24.9 Å². The van der Waals surface area contributed by atoms with Crippen LogP contribution < -0.4 is 9.47 Å². The largest absolute Gasteiger partial charge is 0.586 e. The third-order valence-electron chi connectivity index (χ3n) is 6.66. The Bertz CT molecular complexity index is 1250. The summed E-state index contributed by atoms with van der Waals surface area (Å²) in [5, 5.41) is 10.6. The molecule has 2 aromatic carbocycles. The average molecular weight is 456 g/mol. The molecule has 1 N–H and O–H groups in total. The standard InChI is InChI=1S/C26H27F2NO4/c1-24(2,3)22-14-17-12-16(4-6-19(17)29(22)10-11-30)13-23(31)25(8-9-25)18-5-7-20-21(15-18)33-26(27,28)32-20/h4-7,12,14-15,30H,8-11,13H2,1-3H3. The van der Waals surface area contributed by atoms with Crippen molar-refractivity contribution in [2.45, 2.75) is 63.7 Å². The second-order valence-corrected chi connectivity index (χ2v) is 10.1. The topological polar surface area (TPSA) is 60.7 Å². The van der Waals surface area contributed by atoms with E-state index in [-0.39, 0.29) is 35.7 Å². The smallest absolute Gasteiger partial charge is 0.395 e.